The molecule has 0 saturated heterocycles. The molecule has 91 heavy (non-hydrogen) atoms. The van der Waals surface area contributed by atoms with E-state index in [9.17, 15) is 19.0 Å². The molecule has 0 radical (unpaired) electrons. The lowest BCUT2D eigenvalue weighted by Gasteiger charge is -2.30. The third kappa shape index (κ3) is 70.6. The molecule has 9 nitrogen and oxygen atoms in total. The highest BCUT2D eigenvalue weighted by molar-refractivity contribution is 7.45. The number of likely N-dealkylation sites (N-methyl/N-ethyl adjacent to an activating group) is 1. The molecule has 0 aromatic heterocycles. The van der Waals surface area contributed by atoms with E-state index >= 15 is 0 Å². The summed E-state index contributed by atoms with van der Waals surface area (Å²) in [6.07, 6.45) is 97.5. The molecule has 0 aliphatic heterocycles. The van der Waals surface area contributed by atoms with Gasteiger partial charge < -0.3 is 28.5 Å². The molecule has 0 rings (SSSR count). The van der Waals surface area contributed by atoms with E-state index < -0.39 is 26.6 Å². The van der Waals surface area contributed by atoms with Gasteiger partial charge in [0, 0.05) is 12.8 Å². The third-order valence-electron chi connectivity index (χ3n) is 16.4. The number of ether oxygens (including phenoxy) is 1. The minimum absolute atomic E-state index is 0.0306. The van der Waals surface area contributed by atoms with Crippen LogP contribution in [0.15, 0.2) is 122 Å². The van der Waals surface area contributed by atoms with E-state index in [1.165, 1.54) is 161 Å². The molecule has 1 amide bonds. The molecule has 3 unspecified atom stereocenters. The van der Waals surface area contributed by atoms with Crippen molar-refractivity contribution in [2.24, 2.45) is 0 Å². The number of carbonyl (C=O) groups is 2. The molecule has 1 N–H and O–H groups in total. The fourth-order valence-corrected chi connectivity index (χ4v) is 11.3. The summed E-state index contributed by atoms with van der Waals surface area (Å²) >= 11 is 0. The number of rotatable bonds is 68. The van der Waals surface area contributed by atoms with Gasteiger partial charge in [0.05, 0.1) is 33.8 Å². The van der Waals surface area contributed by atoms with E-state index in [-0.39, 0.29) is 24.9 Å². The molecule has 0 aliphatic carbocycles. The zero-order valence-corrected chi connectivity index (χ0v) is 60.9. The Bertz CT molecular complexity index is 1970. The molecule has 0 aromatic carbocycles. The summed E-state index contributed by atoms with van der Waals surface area (Å²) < 4.78 is 30.5. The Morgan fingerprint density at radius 1 is 0.396 bits per heavy atom. The third-order valence-corrected chi connectivity index (χ3v) is 17.3. The minimum Gasteiger partial charge on any atom is -0.756 e. The van der Waals surface area contributed by atoms with Crippen molar-refractivity contribution >= 4 is 19.7 Å². The summed E-state index contributed by atoms with van der Waals surface area (Å²) in [4.78, 5) is 40.3. The highest BCUT2D eigenvalue weighted by Gasteiger charge is 2.27. The Hall–Kier alpha value is -3.59. The molecular weight excluding hydrogens is 1140 g/mol. The number of hydrogen-bond acceptors (Lipinski definition) is 7. The lowest BCUT2D eigenvalue weighted by molar-refractivity contribution is -0.870. The van der Waals surface area contributed by atoms with E-state index in [1.54, 1.807) is 0 Å². The summed E-state index contributed by atoms with van der Waals surface area (Å²) in [7, 11) is 1.17. The largest absolute Gasteiger partial charge is 0.756 e. The summed E-state index contributed by atoms with van der Waals surface area (Å²) in [5.41, 5.74) is 0. The van der Waals surface area contributed by atoms with Crippen molar-refractivity contribution in [3.8, 4) is 0 Å². The second kappa shape index (κ2) is 69.2. The maximum Gasteiger partial charge on any atom is 0.306 e. The highest BCUT2D eigenvalue weighted by Crippen LogP contribution is 2.38. The first-order chi connectivity index (χ1) is 44.4. The van der Waals surface area contributed by atoms with Crippen LogP contribution in [0.1, 0.15) is 329 Å². The lowest BCUT2D eigenvalue weighted by Crippen LogP contribution is -2.47. The Morgan fingerprint density at radius 3 is 1.08 bits per heavy atom. The van der Waals surface area contributed by atoms with Crippen molar-refractivity contribution in [1.29, 1.82) is 0 Å². The van der Waals surface area contributed by atoms with Gasteiger partial charge in [-0.05, 0) is 122 Å². The predicted molar refractivity (Wildman–Crippen MR) is 394 cm³/mol. The van der Waals surface area contributed by atoms with Crippen molar-refractivity contribution in [2.45, 2.75) is 341 Å². The van der Waals surface area contributed by atoms with Crippen molar-refractivity contribution in [3.63, 3.8) is 0 Å². The minimum atomic E-state index is -4.72. The van der Waals surface area contributed by atoms with Gasteiger partial charge in [-0.2, -0.15) is 0 Å². The Kier molecular flexibility index (Phi) is 66.5. The van der Waals surface area contributed by atoms with Crippen LogP contribution in [0.25, 0.3) is 0 Å². The number of allylic oxidation sites excluding steroid dienone is 19. The highest BCUT2D eigenvalue weighted by atomic mass is 31.2. The summed E-state index contributed by atoms with van der Waals surface area (Å²) in [5.74, 6) is -0.556. The number of esters is 1. The standard InChI is InChI=1S/C81H143N2O7P/c1-7-10-13-16-19-22-25-28-30-32-34-36-38-40-41-43-45-47-49-51-53-56-59-62-65-68-71-74-81(85)90-79(72-69-66-63-60-57-54-27-24-21-18-15-12-9-3)78(77-89-91(86,87)88-76-75-83(4,5)6)82-80(84)73-70-67-64-61-58-55-52-50-48-46-44-42-39-37-35-33-31-29-26-23-20-17-14-11-8-2/h11,14,19-20,22-23,28-31,34-37,42,44,48,50,69,72,78-79H,7-10,12-13,15-18,21,24-27,32-33,38-41,43,45-47,49,51-68,70-71,73-77H2,1-6H3,(H-,82,84,86,87)/b14-11-,22-19-,23-20-,30-28-,31-29-,36-34-,37-35-,44-42-,50-48-,72-69+. The molecule has 10 heteroatoms. The molecule has 0 aliphatic rings. The van der Waals surface area contributed by atoms with Gasteiger partial charge in [0.15, 0.2) is 0 Å². The Morgan fingerprint density at radius 2 is 0.703 bits per heavy atom. The van der Waals surface area contributed by atoms with E-state index in [0.29, 0.717) is 17.4 Å². The number of hydrogen-bond donors (Lipinski definition) is 1. The van der Waals surface area contributed by atoms with Gasteiger partial charge in [-0.1, -0.05) is 316 Å². The van der Waals surface area contributed by atoms with Crippen molar-refractivity contribution in [3.05, 3.63) is 122 Å². The second-order valence-electron chi connectivity index (χ2n) is 26.4. The van der Waals surface area contributed by atoms with Gasteiger partial charge >= 0.3 is 5.97 Å². The van der Waals surface area contributed by atoms with Crippen LogP contribution in [0.2, 0.25) is 0 Å². The quantitative estimate of drug-likeness (QED) is 0.0212. The Labute approximate surface area is 563 Å². The van der Waals surface area contributed by atoms with E-state index in [0.717, 1.165) is 135 Å². The second-order valence-corrected chi connectivity index (χ2v) is 27.8. The lowest BCUT2D eigenvalue weighted by atomic mass is 10.0. The van der Waals surface area contributed by atoms with Crippen LogP contribution in [0.4, 0.5) is 0 Å². The molecule has 0 heterocycles. The number of nitrogens with one attached hydrogen (secondary N) is 1. The topological polar surface area (TPSA) is 114 Å². The zero-order valence-electron chi connectivity index (χ0n) is 60.0. The van der Waals surface area contributed by atoms with Crippen molar-refractivity contribution in [1.82, 2.24) is 5.32 Å². The molecule has 0 spiro atoms. The normalized spacial score (nSPS) is 14.1. The first kappa shape index (κ1) is 87.4. The van der Waals surface area contributed by atoms with Crippen LogP contribution in [0.3, 0.4) is 0 Å². The molecule has 0 fully saturated rings. The molecule has 0 aromatic rings. The maximum atomic E-state index is 13.6. The average molecular weight is 1290 g/mol. The molecule has 0 saturated carbocycles. The zero-order chi connectivity index (χ0) is 66.3. The number of unbranched alkanes of at least 4 members (excludes halogenated alkanes) is 34. The van der Waals surface area contributed by atoms with Gasteiger partial charge in [0.2, 0.25) is 5.91 Å². The monoisotopic (exact) mass is 1290 g/mol. The molecule has 524 valence electrons. The number of amides is 1. The average Bonchev–Trinajstić information content (AvgIpc) is 3.73. The van der Waals surface area contributed by atoms with Gasteiger partial charge in [-0.25, -0.2) is 0 Å². The molecular formula is C81H143N2O7P. The smallest absolute Gasteiger partial charge is 0.306 e. The SMILES string of the molecule is CC/C=C\C/C=C\C/C=C\C/C=C\C/C=C\C/C=C\CCCCCCCCC(=O)NC(COP(=O)([O-])OCC[N+](C)(C)C)C(/C=C/CCCCCCCCCCCCC)OC(=O)CCCCCCCCCCCCCCCC/C=C\C/C=C\C/C=C\CCCCC. The van der Waals surface area contributed by atoms with Crippen LogP contribution in [-0.4, -0.2) is 69.4 Å². The van der Waals surface area contributed by atoms with Gasteiger partial charge in [-0.15, -0.1) is 0 Å². The number of nitrogens with zero attached hydrogens (tertiary/aromatic N) is 1. The van der Waals surface area contributed by atoms with E-state index in [1.807, 2.05) is 33.3 Å². The summed E-state index contributed by atoms with van der Waals surface area (Å²) in [6.45, 7) is 6.71. The summed E-state index contributed by atoms with van der Waals surface area (Å²) in [5, 5.41) is 3.04. The van der Waals surface area contributed by atoms with Crippen LogP contribution >= 0.6 is 7.82 Å². The van der Waals surface area contributed by atoms with Crippen LogP contribution in [0.5, 0.6) is 0 Å². The first-order valence-electron chi connectivity index (χ1n) is 37.8. The first-order valence-corrected chi connectivity index (χ1v) is 39.3. The molecule has 3 atom stereocenters. The number of phosphoric acid groups is 1. The van der Waals surface area contributed by atoms with E-state index in [2.05, 4.69) is 135 Å². The molecule has 0 bridgehead atoms. The number of phosphoric ester groups is 1. The van der Waals surface area contributed by atoms with Gasteiger partial charge in [0.25, 0.3) is 7.82 Å². The van der Waals surface area contributed by atoms with Gasteiger partial charge in [-0.3, -0.25) is 14.2 Å². The van der Waals surface area contributed by atoms with E-state index in [4.69, 9.17) is 13.8 Å². The van der Waals surface area contributed by atoms with Gasteiger partial charge in [0.1, 0.15) is 19.3 Å². The van der Waals surface area contributed by atoms with Crippen LogP contribution < -0.4 is 10.2 Å². The summed E-state index contributed by atoms with van der Waals surface area (Å²) in [6, 6.07) is -0.906. The maximum absolute atomic E-state index is 13.6. The fraction of sp³-hybridized carbons (Fsp3) is 0.728. The fourth-order valence-electron chi connectivity index (χ4n) is 10.6. The van der Waals surface area contributed by atoms with Crippen molar-refractivity contribution in [2.75, 3.05) is 40.9 Å². The number of quaternary nitrogens is 1. The predicted octanol–water partition coefficient (Wildman–Crippen LogP) is 23.9. The van der Waals surface area contributed by atoms with Crippen molar-refractivity contribution < 1.29 is 37.3 Å². The number of carbonyl (C=O) groups excluding carboxylic acids is 2. The Balaban J connectivity index is 5.07. The van der Waals surface area contributed by atoms with Crippen LogP contribution in [-0.2, 0) is 27.9 Å². The van der Waals surface area contributed by atoms with Crippen LogP contribution in [0, 0.1) is 0 Å².